The predicted octanol–water partition coefficient (Wildman–Crippen LogP) is 6.17. The van der Waals surface area contributed by atoms with E-state index in [1.54, 1.807) is 17.7 Å². The third-order valence-electron chi connectivity index (χ3n) is 5.22. The molecule has 2 atom stereocenters. The van der Waals surface area contributed by atoms with Crippen LogP contribution >= 0.6 is 0 Å². The van der Waals surface area contributed by atoms with Gasteiger partial charge >= 0.3 is 151 Å². The molecule has 0 aromatic heterocycles. The molecule has 23 heavy (non-hydrogen) atoms. The van der Waals surface area contributed by atoms with Crippen molar-refractivity contribution < 1.29 is 23.2 Å². The SMILES string of the molecule is CCC1[C]([Zr][C]2=Cc3ccccc3C2CC)=Cc2ccccc21. The van der Waals surface area contributed by atoms with E-state index in [0.29, 0.717) is 11.8 Å². The van der Waals surface area contributed by atoms with Crippen LogP contribution in [-0.2, 0) is 23.2 Å². The van der Waals surface area contributed by atoms with Crippen molar-refractivity contribution in [2.24, 2.45) is 0 Å². The van der Waals surface area contributed by atoms with Gasteiger partial charge in [0.2, 0.25) is 0 Å². The zero-order valence-electron chi connectivity index (χ0n) is 13.8. The van der Waals surface area contributed by atoms with Crippen molar-refractivity contribution in [2.75, 3.05) is 0 Å². The predicted molar refractivity (Wildman–Crippen MR) is 94.9 cm³/mol. The number of hydrogen-bond donors (Lipinski definition) is 0. The Morgan fingerprint density at radius 2 is 1.13 bits per heavy atom. The van der Waals surface area contributed by atoms with Crippen LogP contribution in [0.4, 0.5) is 0 Å². The van der Waals surface area contributed by atoms with Crippen LogP contribution in [-0.4, -0.2) is 0 Å². The number of benzene rings is 2. The quantitative estimate of drug-likeness (QED) is 0.598. The molecule has 2 aromatic rings. The fourth-order valence-corrected chi connectivity index (χ4v) is 8.65. The average molecular weight is 378 g/mol. The van der Waals surface area contributed by atoms with Crippen molar-refractivity contribution >= 4 is 12.2 Å². The van der Waals surface area contributed by atoms with Gasteiger partial charge in [0, 0.05) is 0 Å². The summed E-state index contributed by atoms with van der Waals surface area (Å²) >= 11 is -0.691. The summed E-state index contributed by atoms with van der Waals surface area (Å²) in [5.41, 5.74) is 6.07. The molecule has 2 aliphatic carbocycles. The number of rotatable bonds is 4. The molecule has 0 N–H and O–H groups in total. The molecule has 2 aromatic carbocycles. The van der Waals surface area contributed by atoms with E-state index < -0.39 is 23.2 Å². The normalized spacial score (nSPS) is 21.5. The Morgan fingerprint density at radius 3 is 1.57 bits per heavy atom. The molecule has 0 aliphatic heterocycles. The molecule has 0 bridgehead atoms. The average Bonchev–Trinajstić information content (AvgIpc) is 3.11. The number of hydrogen-bond acceptors (Lipinski definition) is 0. The maximum absolute atomic E-state index is 2.52. The second kappa shape index (κ2) is 6.36. The fourth-order valence-electron chi connectivity index (χ4n) is 4.08. The van der Waals surface area contributed by atoms with Crippen LogP contribution in [0.1, 0.15) is 60.8 Å². The molecule has 0 nitrogen and oxygen atoms in total. The third kappa shape index (κ3) is 2.64. The van der Waals surface area contributed by atoms with Gasteiger partial charge in [0.1, 0.15) is 0 Å². The Morgan fingerprint density at radius 1 is 0.696 bits per heavy atom. The van der Waals surface area contributed by atoms with Gasteiger partial charge in [-0.3, -0.25) is 0 Å². The molecule has 2 aliphatic rings. The zero-order chi connectivity index (χ0) is 15.8. The van der Waals surface area contributed by atoms with Crippen molar-refractivity contribution in [2.45, 2.75) is 38.5 Å². The molecule has 2 unspecified atom stereocenters. The van der Waals surface area contributed by atoms with Crippen LogP contribution in [0.2, 0.25) is 0 Å². The Kier molecular flexibility index (Phi) is 4.24. The van der Waals surface area contributed by atoms with E-state index >= 15 is 0 Å². The number of fused-ring (bicyclic) bond motifs is 2. The van der Waals surface area contributed by atoms with E-state index in [0.717, 1.165) is 0 Å². The molecular formula is C22H22Zr. The van der Waals surface area contributed by atoms with Crippen LogP contribution < -0.4 is 0 Å². The molecular weight excluding hydrogens is 355 g/mol. The summed E-state index contributed by atoms with van der Waals surface area (Å²) in [5, 5.41) is 0. The van der Waals surface area contributed by atoms with Crippen LogP contribution in [0.3, 0.4) is 0 Å². The van der Waals surface area contributed by atoms with Crippen molar-refractivity contribution in [1.82, 2.24) is 0 Å². The summed E-state index contributed by atoms with van der Waals surface area (Å²) in [7, 11) is 0. The van der Waals surface area contributed by atoms with Gasteiger partial charge in [-0.2, -0.15) is 0 Å². The minimum atomic E-state index is -0.691. The molecule has 0 fully saturated rings. The second-order valence-electron chi connectivity index (χ2n) is 6.50. The molecule has 0 heterocycles. The van der Waals surface area contributed by atoms with Gasteiger partial charge in [-0.15, -0.1) is 0 Å². The van der Waals surface area contributed by atoms with E-state index in [1.807, 2.05) is 0 Å². The van der Waals surface area contributed by atoms with Gasteiger partial charge < -0.3 is 0 Å². The van der Waals surface area contributed by atoms with Crippen molar-refractivity contribution in [3.05, 3.63) is 77.3 Å². The molecule has 114 valence electrons. The summed E-state index contributed by atoms with van der Waals surface area (Å²) in [6.07, 6.45) is 7.51. The summed E-state index contributed by atoms with van der Waals surface area (Å²) in [6.45, 7) is 4.68. The Bertz CT molecular complexity index is 730. The fraction of sp³-hybridized carbons (Fsp3) is 0.273. The van der Waals surface area contributed by atoms with Gasteiger partial charge in [0.25, 0.3) is 0 Å². The first-order valence-corrected chi connectivity index (χ1v) is 11.2. The van der Waals surface area contributed by atoms with Crippen LogP contribution in [0.25, 0.3) is 12.2 Å². The van der Waals surface area contributed by atoms with Crippen LogP contribution in [0, 0.1) is 0 Å². The third-order valence-corrected chi connectivity index (χ3v) is 9.06. The molecule has 0 spiro atoms. The zero-order valence-corrected chi connectivity index (χ0v) is 16.3. The van der Waals surface area contributed by atoms with E-state index in [-0.39, 0.29) is 0 Å². The Hall–Kier alpha value is -1.20. The standard InChI is InChI=1S/2C11H11.Zr/c2*1-2-9-7-8-10-5-3-4-6-11(9)10;/h2*3-6,8-9H,2H2,1H3;. The van der Waals surface area contributed by atoms with E-state index in [1.165, 1.54) is 24.0 Å². The van der Waals surface area contributed by atoms with Crippen molar-refractivity contribution in [1.29, 1.82) is 0 Å². The van der Waals surface area contributed by atoms with E-state index in [9.17, 15) is 0 Å². The summed E-state index contributed by atoms with van der Waals surface area (Å²) in [6, 6.07) is 18.0. The van der Waals surface area contributed by atoms with Gasteiger partial charge in [0.05, 0.1) is 0 Å². The van der Waals surface area contributed by atoms with Crippen LogP contribution in [0.5, 0.6) is 0 Å². The van der Waals surface area contributed by atoms with Crippen molar-refractivity contribution in [3.63, 3.8) is 0 Å². The molecule has 0 radical (unpaired) electrons. The topological polar surface area (TPSA) is 0 Å². The summed E-state index contributed by atoms with van der Waals surface area (Å²) < 4.78 is 3.55. The summed E-state index contributed by atoms with van der Waals surface area (Å²) in [5.74, 6) is 1.36. The maximum atomic E-state index is 2.52. The molecule has 0 amide bonds. The second-order valence-corrected chi connectivity index (χ2v) is 9.96. The first kappa shape index (κ1) is 15.3. The van der Waals surface area contributed by atoms with E-state index in [4.69, 9.17) is 0 Å². The number of allylic oxidation sites excluding steroid dienone is 2. The first-order chi connectivity index (χ1) is 11.3. The minimum absolute atomic E-state index is 0.680. The van der Waals surface area contributed by atoms with Gasteiger partial charge in [-0.1, -0.05) is 0 Å². The van der Waals surface area contributed by atoms with Gasteiger partial charge in [0.15, 0.2) is 0 Å². The molecule has 0 saturated heterocycles. The Balaban J connectivity index is 1.65. The Labute approximate surface area is 150 Å². The molecule has 1 heteroatoms. The first-order valence-electron chi connectivity index (χ1n) is 8.69. The molecule has 0 saturated carbocycles. The molecule has 4 rings (SSSR count). The van der Waals surface area contributed by atoms with Crippen LogP contribution in [0.15, 0.2) is 55.1 Å². The van der Waals surface area contributed by atoms with Gasteiger partial charge in [-0.05, 0) is 0 Å². The monoisotopic (exact) mass is 376 g/mol. The van der Waals surface area contributed by atoms with E-state index in [2.05, 4.69) is 74.5 Å². The van der Waals surface area contributed by atoms with Crippen molar-refractivity contribution in [3.8, 4) is 0 Å². The summed E-state index contributed by atoms with van der Waals surface area (Å²) in [4.78, 5) is 0. The van der Waals surface area contributed by atoms with Gasteiger partial charge in [-0.25, -0.2) is 0 Å².